The van der Waals surface area contributed by atoms with Crippen molar-refractivity contribution in [3.8, 4) is 0 Å². The van der Waals surface area contributed by atoms with Crippen LogP contribution in [0.1, 0.15) is 120 Å². The Morgan fingerprint density at radius 1 is 0.912 bits per heavy atom. The van der Waals surface area contributed by atoms with Crippen molar-refractivity contribution in [2.75, 3.05) is 0 Å². The second kappa shape index (κ2) is 7.97. The molecule has 4 aliphatic rings. The lowest BCUT2D eigenvalue weighted by Gasteiger charge is -2.74. The van der Waals surface area contributed by atoms with Gasteiger partial charge in [-0.3, -0.25) is 9.59 Å². The summed E-state index contributed by atoms with van der Waals surface area (Å²) in [7, 11) is 0. The molecule has 0 saturated heterocycles. The highest BCUT2D eigenvalue weighted by molar-refractivity contribution is 5.67. The van der Waals surface area contributed by atoms with E-state index in [4.69, 9.17) is 4.74 Å². The summed E-state index contributed by atoms with van der Waals surface area (Å²) in [6.07, 6.45) is 10.7. The number of rotatable bonds is 5. The molecule has 0 aromatic carbocycles. The Bertz CT molecular complexity index is 836. The Morgan fingerprint density at radius 2 is 1.50 bits per heavy atom. The van der Waals surface area contributed by atoms with Crippen LogP contribution in [0, 0.1) is 50.2 Å². The molecule has 4 rings (SSSR count). The van der Waals surface area contributed by atoms with Gasteiger partial charge in [0.05, 0.1) is 0 Å². The van der Waals surface area contributed by atoms with Gasteiger partial charge >= 0.3 is 5.97 Å². The van der Waals surface area contributed by atoms with E-state index in [0.717, 1.165) is 25.2 Å². The number of carbonyl (C=O) groups excluding carboxylic acids is 1. The van der Waals surface area contributed by atoms with Crippen molar-refractivity contribution in [2.24, 2.45) is 50.2 Å². The Balaban J connectivity index is 1.77. The quantitative estimate of drug-likeness (QED) is 0.419. The van der Waals surface area contributed by atoms with E-state index in [9.17, 15) is 14.7 Å². The standard InChI is InChI=1S/C30H50O4/c1-20(34-19-31)27(5)10-9-21-28(6,22(27)17-24(32)33)14-16-30(8)23-18-25(2,3)11-12-26(23,4)13-15-29(21,30)7/h19-23H,9-18H2,1-8H3,(H,32,33)/t20-,21+,22-,23-,26-,27-,28-,29-,30+/m1/s1. The Kier molecular flexibility index (Phi) is 6.10. The molecule has 194 valence electrons. The molecule has 0 spiro atoms. The van der Waals surface area contributed by atoms with Gasteiger partial charge in [-0.05, 0) is 110 Å². The maximum absolute atomic E-state index is 12.2. The lowest BCUT2D eigenvalue weighted by atomic mass is 9.31. The van der Waals surface area contributed by atoms with Gasteiger partial charge in [-0.2, -0.15) is 0 Å². The number of hydrogen-bond acceptors (Lipinski definition) is 3. The summed E-state index contributed by atoms with van der Waals surface area (Å²) in [5.74, 6) is 0.522. The first-order valence-corrected chi connectivity index (χ1v) is 13.9. The molecule has 0 unspecified atom stereocenters. The predicted octanol–water partition coefficient (Wildman–Crippen LogP) is 7.49. The predicted molar refractivity (Wildman–Crippen MR) is 135 cm³/mol. The average Bonchev–Trinajstić information content (AvgIpc) is 2.74. The number of carboxylic acids is 1. The molecule has 4 fully saturated rings. The van der Waals surface area contributed by atoms with Crippen LogP contribution >= 0.6 is 0 Å². The molecule has 1 N–H and O–H groups in total. The van der Waals surface area contributed by atoms with Crippen molar-refractivity contribution in [1.29, 1.82) is 0 Å². The van der Waals surface area contributed by atoms with Gasteiger partial charge in [-0.25, -0.2) is 0 Å². The molecular weight excluding hydrogens is 424 g/mol. The molecule has 4 aliphatic carbocycles. The van der Waals surface area contributed by atoms with Gasteiger partial charge in [0, 0.05) is 11.8 Å². The van der Waals surface area contributed by atoms with E-state index in [1.807, 2.05) is 6.92 Å². The fraction of sp³-hybridized carbons (Fsp3) is 0.933. The van der Waals surface area contributed by atoms with E-state index in [-0.39, 0.29) is 40.1 Å². The van der Waals surface area contributed by atoms with Crippen molar-refractivity contribution in [1.82, 2.24) is 0 Å². The van der Waals surface area contributed by atoms with Crippen molar-refractivity contribution in [3.63, 3.8) is 0 Å². The molecule has 0 heterocycles. The second-order valence-electron chi connectivity index (χ2n) is 15.0. The van der Waals surface area contributed by atoms with Crippen LogP contribution in [0.25, 0.3) is 0 Å². The SMILES string of the molecule is C[C@@H](OC=O)[C@@]1(C)CC[C@H]2[C@@](C)(CC[C@@]3(C)[C@@H]4CC(C)(C)CC[C@]4(C)CC[C@]23C)[C@@H]1CC(=O)O. The lowest BCUT2D eigenvalue weighted by Crippen LogP contribution is -2.67. The summed E-state index contributed by atoms with van der Waals surface area (Å²) in [5, 5.41) is 10.00. The van der Waals surface area contributed by atoms with E-state index in [2.05, 4.69) is 48.5 Å². The molecule has 0 aliphatic heterocycles. The summed E-state index contributed by atoms with van der Waals surface area (Å²) in [4.78, 5) is 23.4. The summed E-state index contributed by atoms with van der Waals surface area (Å²) >= 11 is 0. The molecule has 4 heteroatoms. The Labute approximate surface area is 208 Å². The summed E-state index contributed by atoms with van der Waals surface area (Å²) in [6, 6.07) is 0. The summed E-state index contributed by atoms with van der Waals surface area (Å²) < 4.78 is 5.51. The van der Waals surface area contributed by atoms with Gasteiger partial charge < -0.3 is 9.84 Å². The average molecular weight is 475 g/mol. The molecule has 4 nitrogen and oxygen atoms in total. The van der Waals surface area contributed by atoms with Gasteiger partial charge in [0.25, 0.3) is 6.47 Å². The van der Waals surface area contributed by atoms with Crippen LogP contribution in [0.2, 0.25) is 0 Å². The van der Waals surface area contributed by atoms with E-state index < -0.39 is 5.97 Å². The highest BCUT2D eigenvalue weighted by Gasteiger charge is 2.70. The first kappa shape index (κ1) is 26.0. The number of carbonyl (C=O) groups is 2. The fourth-order valence-electron chi connectivity index (χ4n) is 10.5. The van der Waals surface area contributed by atoms with E-state index in [1.165, 1.54) is 38.5 Å². The zero-order valence-corrected chi connectivity index (χ0v) is 23.1. The van der Waals surface area contributed by atoms with Crippen LogP contribution in [-0.2, 0) is 14.3 Å². The summed E-state index contributed by atoms with van der Waals surface area (Å²) in [5.41, 5.74) is 0.972. The first-order chi connectivity index (χ1) is 15.6. The number of aliphatic carboxylic acids is 1. The molecule has 4 saturated carbocycles. The zero-order chi connectivity index (χ0) is 25.4. The largest absolute Gasteiger partial charge is 0.481 e. The minimum atomic E-state index is -0.722. The second-order valence-corrected chi connectivity index (χ2v) is 15.0. The normalized spacial score (nSPS) is 50.8. The molecule has 0 radical (unpaired) electrons. The molecule has 0 bridgehead atoms. The topological polar surface area (TPSA) is 63.6 Å². The number of hydrogen-bond donors (Lipinski definition) is 1. The third-order valence-corrected chi connectivity index (χ3v) is 13.1. The van der Waals surface area contributed by atoms with Crippen LogP contribution in [-0.4, -0.2) is 23.7 Å². The third kappa shape index (κ3) is 3.51. The van der Waals surface area contributed by atoms with Crippen LogP contribution in [0.5, 0.6) is 0 Å². The van der Waals surface area contributed by atoms with Crippen molar-refractivity contribution in [3.05, 3.63) is 0 Å². The number of carboxylic acid groups (broad SMARTS) is 1. The fourth-order valence-corrected chi connectivity index (χ4v) is 10.5. The molecule has 34 heavy (non-hydrogen) atoms. The van der Waals surface area contributed by atoms with Crippen LogP contribution in [0.4, 0.5) is 0 Å². The van der Waals surface area contributed by atoms with Crippen molar-refractivity contribution < 1.29 is 19.4 Å². The maximum Gasteiger partial charge on any atom is 0.303 e. The Hall–Kier alpha value is -1.06. The van der Waals surface area contributed by atoms with Gasteiger partial charge in [0.1, 0.15) is 6.10 Å². The van der Waals surface area contributed by atoms with Gasteiger partial charge in [-0.1, -0.05) is 48.5 Å². The molecule has 0 amide bonds. The highest BCUT2D eigenvalue weighted by atomic mass is 16.5. The van der Waals surface area contributed by atoms with Crippen LogP contribution in [0.15, 0.2) is 0 Å². The van der Waals surface area contributed by atoms with E-state index in [0.29, 0.717) is 23.2 Å². The zero-order valence-electron chi connectivity index (χ0n) is 23.1. The Morgan fingerprint density at radius 3 is 2.12 bits per heavy atom. The molecule has 0 aromatic rings. The van der Waals surface area contributed by atoms with Crippen molar-refractivity contribution in [2.45, 2.75) is 126 Å². The number of ether oxygens (including phenoxy) is 1. The van der Waals surface area contributed by atoms with E-state index in [1.54, 1.807) is 0 Å². The van der Waals surface area contributed by atoms with Crippen LogP contribution < -0.4 is 0 Å². The highest BCUT2D eigenvalue weighted by Crippen LogP contribution is 2.77. The minimum absolute atomic E-state index is 0.00341. The van der Waals surface area contributed by atoms with Gasteiger partial charge in [-0.15, -0.1) is 0 Å². The maximum atomic E-state index is 12.2. The van der Waals surface area contributed by atoms with Gasteiger partial charge in [0.15, 0.2) is 0 Å². The van der Waals surface area contributed by atoms with Crippen LogP contribution in [0.3, 0.4) is 0 Å². The van der Waals surface area contributed by atoms with Gasteiger partial charge in [0.2, 0.25) is 0 Å². The van der Waals surface area contributed by atoms with Crippen molar-refractivity contribution >= 4 is 12.4 Å². The number of fused-ring (bicyclic) bond motifs is 5. The molecular formula is C30H50O4. The smallest absolute Gasteiger partial charge is 0.303 e. The first-order valence-electron chi connectivity index (χ1n) is 13.9. The van der Waals surface area contributed by atoms with E-state index >= 15 is 0 Å². The molecule has 0 aromatic heterocycles. The molecule has 9 atom stereocenters. The third-order valence-electron chi connectivity index (χ3n) is 13.1. The summed E-state index contributed by atoms with van der Waals surface area (Å²) in [6.45, 7) is 19.8. The minimum Gasteiger partial charge on any atom is -0.481 e. The monoisotopic (exact) mass is 474 g/mol. The lowest BCUT2D eigenvalue weighted by molar-refractivity contribution is -0.258.